The minimum atomic E-state index is 0.258. The van der Waals surface area contributed by atoms with Gasteiger partial charge in [0.05, 0.1) is 5.69 Å². The summed E-state index contributed by atoms with van der Waals surface area (Å²) in [5, 5.41) is 3.66. The zero-order chi connectivity index (χ0) is 20.1. The molecule has 28 heavy (non-hydrogen) atoms. The lowest BCUT2D eigenvalue weighted by atomic mass is 9.92. The van der Waals surface area contributed by atoms with E-state index >= 15 is 0 Å². The molecule has 0 fully saturated rings. The van der Waals surface area contributed by atoms with Gasteiger partial charge in [0, 0.05) is 23.8 Å². The predicted octanol–water partition coefficient (Wildman–Crippen LogP) is 6.34. The highest BCUT2D eigenvalue weighted by molar-refractivity contribution is 5.69. The van der Waals surface area contributed by atoms with Crippen molar-refractivity contribution in [3.63, 3.8) is 0 Å². The van der Waals surface area contributed by atoms with Gasteiger partial charge in [-0.25, -0.2) is 0 Å². The van der Waals surface area contributed by atoms with E-state index in [2.05, 4.69) is 94.5 Å². The summed E-state index contributed by atoms with van der Waals surface area (Å²) in [5.74, 6) is 0. The van der Waals surface area contributed by atoms with Crippen molar-refractivity contribution < 1.29 is 0 Å². The maximum atomic E-state index is 5.06. The summed E-state index contributed by atoms with van der Waals surface area (Å²) >= 11 is 0. The van der Waals surface area contributed by atoms with E-state index in [1.165, 1.54) is 33.4 Å². The molecule has 1 atom stereocenters. The largest absolute Gasteiger partial charge is 0.306 e. The Morgan fingerprint density at radius 1 is 0.893 bits per heavy atom. The SMILES string of the molecule is CCc1cccc(CC)c1-c1cc(C)c(C(C)NCc2ccccc2)c(C)n1. The van der Waals surface area contributed by atoms with Crippen LogP contribution < -0.4 is 5.32 Å². The number of aryl methyl sites for hydroxylation is 4. The van der Waals surface area contributed by atoms with Gasteiger partial charge >= 0.3 is 0 Å². The van der Waals surface area contributed by atoms with Gasteiger partial charge in [-0.05, 0) is 67.5 Å². The Balaban J connectivity index is 1.91. The molecule has 0 bridgehead atoms. The van der Waals surface area contributed by atoms with Crippen molar-refractivity contribution in [3.05, 3.63) is 88.1 Å². The molecule has 0 saturated heterocycles. The van der Waals surface area contributed by atoms with E-state index in [4.69, 9.17) is 4.98 Å². The van der Waals surface area contributed by atoms with Gasteiger partial charge in [-0.3, -0.25) is 4.98 Å². The maximum Gasteiger partial charge on any atom is 0.0713 e. The maximum absolute atomic E-state index is 5.06. The second-order valence-corrected chi connectivity index (χ2v) is 7.57. The van der Waals surface area contributed by atoms with Gasteiger partial charge in [0.25, 0.3) is 0 Å². The van der Waals surface area contributed by atoms with Crippen LogP contribution in [0.4, 0.5) is 0 Å². The molecule has 146 valence electrons. The van der Waals surface area contributed by atoms with Crippen LogP contribution in [0, 0.1) is 13.8 Å². The second kappa shape index (κ2) is 9.16. The van der Waals surface area contributed by atoms with Crippen LogP contribution >= 0.6 is 0 Å². The molecular weight excluding hydrogens is 340 g/mol. The van der Waals surface area contributed by atoms with Crippen molar-refractivity contribution in [2.24, 2.45) is 0 Å². The lowest BCUT2D eigenvalue weighted by molar-refractivity contribution is 0.567. The lowest BCUT2D eigenvalue weighted by Crippen LogP contribution is -2.20. The van der Waals surface area contributed by atoms with Gasteiger partial charge in [0.2, 0.25) is 0 Å². The summed E-state index contributed by atoms with van der Waals surface area (Å²) in [7, 11) is 0. The van der Waals surface area contributed by atoms with Crippen molar-refractivity contribution in [1.29, 1.82) is 0 Å². The number of pyridine rings is 1. The molecule has 1 aromatic heterocycles. The molecule has 3 rings (SSSR count). The Labute approximate surface area is 170 Å². The van der Waals surface area contributed by atoms with Crippen LogP contribution in [-0.4, -0.2) is 4.98 Å². The predicted molar refractivity (Wildman–Crippen MR) is 120 cm³/mol. The Morgan fingerprint density at radius 3 is 2.11 bits per heavy atom. The summed E-state index contributed by atoms with van der Waals surface area (Å²) < 4.78 is 0. The normalized spacial score (nSPS) is 12.2. The summed E-state index contributed by atoms with van der Waals surface area (Å²) in [6.07, 6.45) is 2.06. The highest BCUT2D eigenvalue weighted by Crippen LogP contribution is 2.31. The fourth-order valence-corrected chi connectivity index (χ4v) is 4.16. The molecule has 0 saturated carbocycles. The van der Waals surface area contributed by atoms with Crippen molar-refractivity contribution in [3.8, 4) is 11.3 Å². The molecule has 2 heteroatoms. The first-order valence-electron chi connectivity index (χ1n) is 10.4. The molecule has 1 unspecified atom stereocenters. The number of rotatable bonds is 7. The highest BCUT2D eigenvalue weighted by atomic mass is 14.9. The third-order valence-corrected chi connectivity index (χ3v) is 5.60. The molecule has 1 heterocycles. The third kappa shape index (κ3) is 4.34. The van der Waals surface area contributed by atoms with Crippen LogP contribution in [0.5, 0.6) is 0 Å². The summed E-state index contributed by atoms with van der Waals surface area (Å²) in [6.45, 7) is 11.9. The van der Waals surface area contributed by atoms with E-state index in [0.717, 1.165) is 30.8 Å². The van der Waals surface area contributed by atoms with Crippen molar-refractivity contribution in [1.82, 2.24) is 10.3 Å². The molecule has 3 aromatic rings. The van der Waals surface area contributed by atoms with Crippen LogP contribution in [0.15, 0.2) is 54.6 Å². The quantitative estimate of drug-likeness (QED) is 0.523. The number of aromatic nitrogens is 1. The van der Waals surface area contributed by atoms with E-state index in [-0.39, 0.29) is 6.04 Å². The molecular formula is C26H32N2. The Kier molecular flexibility index (Phi) is 6.64. The molecule has 2 nitrogen and oxygen atoms in total. The summed E-state index contributed by atoms with van der Waals surface area (Å²) in [4.78, 5) is 5.06. The molecule has 2 aromatic carbocycles. The van der Waals surface area contributed by atoms with Crippen LogP contribution in [0.1, 0.15) is 60.3 Å². The monoisotopic (exact) mass is 372 g/mol. The molecule has 0 aliphatic carbocycles. The van der Waals surface area contributed by atoms with Crippen molar-refractivity contribution in [2.45, 2.75) is 60.0 Å². The first-order valence-corrected chi connectivity index (χ1v) is 10.4. The van der Waals surface area contributed by atoms with Gasteiger partial charge in [-0.2, -0.15) is 0 Å². The minimum absolute atomic E-state index is 0.258. The lowest BCUT2D eigenvalue weighted by Gasteiger charge is -2.21. The van der Waals surface area contributed by atoms with Gasteiger partial charge < -0.3 is 5.32 Å². The van der Waals surface area contributed by atoms with Crippen LogP contribution in [0.2, 0.25) is 0 Å². The van der Waals surface area contributed by atoms with E-state index in [9.17, 15) is 0 Å². The van der Waals surface area contributed by atoms with Crippen LogP contribution in [-0.2, 0) is 19.4 Å². The average molecular weight is 373 g/mol. The third-order valence-electron chi connectivity index (χ3n) is 5.60. The van der Waals surface area contributed by atoms with Gasteiger partial charge in [0.1, 0.15) is 0 Å². The van der Waals surface area contributed by atoms with E-state index in [0.29, 0.717) is 0 Å². The second-order valence-electron chi connectivity index (χ2n) is 7.57. The Bertz CT molecular complexity index is 883. The molecule has 0 spiro atoms. The molecule has 0 amide bonds. The van der Waals surface area contributed by atoms with Crippen LogP contribution in [0.3, 0.4) is 0 Å². The fourth-order valence-electron chi connectivity index (χ4n) is 4.16. The number of hydrogen-bond donors (Lipinski definition) is 1. The van der Waals surface area contributed by atoms with E-state index in [1.807, 2.05) is 0 Å². The van der Waals surface area contributed by atoms with Gasteiger partial charge in [-0.1, -0.05) is 62.4 Å². The topological polar surface area (TPSA) is 24.9 Å². The van der Waals surface area contributed by atoms with Crippen molar-refractivity contribution >= 4 is 0 Å². The molecule has 0 radical (unpaired) electrons. The summed E-state index contributed by atoms with van der Waals surface area (Å²) in [6, 6.07) is 19.7. The summed E-state index contributed by atoms with van der Waals surface area (Å²) in [5.41, 5.74) is 10.3. The zero-order valence-corrected chi connectivity index (χ0v) is 17.8. The first kappa shape index (κ1) is 20.3. The van der Waals surface area contributed by atoms with E-state index in [1.54, 1.807) is 0 Å². The number of nitrogens with zero attached hydrogens (tertiary/aromatic N) is 1. The molecule has 0 aliphatic rings. The molecule has 1 N–H and O–H groups in total. The fraction of sp³-hybridized carbons (Fsp3) is 0.346. The zero-order valence-electron chi connectivity index (χ0n) is 17.8. The van der Waals surface area contributed by atoms with Crippen molar-refractivity contribution in [2.75, 3.05) is 0 Å². The van der Waals surface area contributed by atoms with E-state index < -0.39 is 0 Å². The average Bonchev–Trinajstić information content (AvgIpc) is 2.71. The standard InChI is InChI=1S/C26H32N2/c1-6-22-14-11-15-23(7-2)26(22)24-16-18(3)25(20(5)28-24)19(4)27-17-21-12-9-8-10-13-21/h8-16,19,27H,6-7,17H2,1-5H3. The van der Waals surface area contributed by atoms with Gasteiger partial charge in [0.15, 0.2) is 0 Å². The first-order chi connectivity index (χ1) is 13.5. The Hall–Kier alpha value is -2.45. The Morgan fingerprint density at radius 2 is 1.54 bits per heavy atom. The molecule has 0 aliphatic heterocycles. The number of benzene rings is 2. The minimum Gasteiger partial charge on any atom is -0.306 e. The van der Waals surface area contributed by atoms with Crippen LogP contribution in [0.25, 0.3) is 11.3 Å². The number of hydrogen-bond acceptors (Lipinski definition) is 2. The highest BCUT2D eigenvalue weighted by Gasteiger charge is 2.17. The smallest absolute Gasteiger partial charge is 0.0713 e. The van der Waals surface area contributed by atoms with Gasteiger partial charge in [-0.15, -0.1) is 0 Å². The number of nitrogens with one attached hydrogen (secondary N) is 1.